The van der Waals surface area contributed by atoms with Crippen molar-refractivity contribution in [3.63, 3.8) is 0 Å². The van der Waals surface area contributed by atoms with Crippen LogP contribution in [0.2, 0.25) is 0 Å². The van der Waals surface area contributed by atoms with Crippen molar-refractivity contribution >= 4 is 27.8 Å². The number of imidazole rings is 1. The van der Waals surface area contributed by atoms with Crippen molar-refractivity contribution in [3.05, 3.63) is 29.6 Å². The lowest BCUT2D eigenvalue weighted by molar-refractivity contribution is 0.0697. The van der Waals surface area contributed by atoms with Gasteiger partial charge >= 0.3 is 5.97 Å². The Bertz CT molecular complexity index is 663. The molecule has 1 aromatic heterocycles. The maximum atomic E-state index is 11.5. The summed E-state index contributed by atoms with van der Waals surface area (Å²) < 4.78 is 13.4. The number of carboxylic acids is 1. The summed E-state index contributed by atoms with van der Waals surface area (Å²) >= 11 is 0. The van der Waals surface area contributed by atoms with Crippen LogP contribution in [-0.2, 0) is 17.3 Å². The van der Waals surface area contributed by atoms with E-state index in [1.165, 1.54) is 0 Å². The van der Waals surface area contributed by atoms with Gasteiger partial charge in [0.25, 0.3) is 0 Å². The molecule has 2 unspecified atom stereocenters. The molecule has 1 N–H and O–H groups in total. The Kier molecular flexibility index (Phi) is 3.71. The van der Waals surface area contributed by atoms with Crippen LogP contribution in [0.25, 0.3) is 11.0 Å². The first kappa shape index (κ1) is 13.7. The third-order valence-electron chi connectivity index (χ3n) is 3.19. The molecule has 102 valence electrons. The lowest BCUT2D eigenvalue weighted by Gasteiger charge is -2.12. The standard InChI is InChI=1S/C13H16N2O3S/c1-8(19(3)18)7-15-9(2)14-11-5-4-10(13(16)17)6-12(11)15/h4-6,8H,7H2,1-3H3,(H,16,17). The molecule has 0 aliphatic carbocycles. The number of aromatic nitrogens is 2. The first-order valence-electron chi connectivity index (χ1n) is 5.92. The van der Waals surface area contributed by atoms with Crippen LogP contribution in [-0.4, -0.2) is 36.3 Å². The van der Waals surface area contributed by atoms with E-state index >= 15 is 0 Å². The minimum Gasteiger partial charge on any atom is -0.478 e. The van der Waals surface area contributed by atoms with Gasteiger partial charge in [-0.2, -0.15) is 0 Å². The predicted octanol–water partition coefficient (Wildman–Crippen LogP) is 1.81. The average molecular weight is 280 g/mol. The van der Waals surface area contributed by atoms with Crippen molar-refractivity contribution in [1.82, 2.24) is 9.55 Å². The molecule has 2 aromatic rings. The highest BCUT2D eigenvalue weighted by atomic mass is 32.2. The van der Waals surface area contributed by atoms with Crippen molar-refractivity contribution < 1.29 is 14.1 Å². The second kappa shape index (κ2) is 5.13. The molecule has 0 radical (unpaired) electrons. The second-order valence-electron chi connectivity index (χ2n) is 4.59. The van der Waals surface area contributed by atoms with Gasteiger partial charge in [-0.1, -0.05) is 0 Å². The van der Waals surface area contributed by atoms with Gasteiger partial charge < -0.3 is 9.67 Å². The minimum absolute atomic E-state index is 0.00964. The third kappa shape index (κ3) is 2.68. The Balaban J connectivity index is 2.52. The summed E-state index contributed by atoms with van der Waals surface area (Å²) in [6, 6.07) is 4.86. The lowest BCUT2D eigenvalue weighted by atomic mass is 10.2. The van der Waals surface area contributed by atoms with E-state index in [1.54, 1.807) is 24.5 Å². The average Bonchev–Trinajstić information content (AvgIpc) is 2.65. The number of hydrogen-bond acceptors (Lipinski definition) is 3. The van der Waals surface area contributed by atoms with Gasteiger partial charge in [-0.15, -0.1) is 0 Å². The number of fused-ring (bicyclic) bond motifs is 1. The highest BCUT2D eigenvalue weighted by Crippen LogP contribution is 2.19. The predicted molar refractivity (Wildman–Crippen MR) is 75.0 cm³/mol. The van der Waals surface area contributed by atoms with Crippen molar-refractivity contribution in [2.75, 3.05) is 6.26 Å². The van der Waals surface area contributed by atoms with Crippen LogP contribution in [0.4, 0.5) is 0 Å². The highest BCUT2D eigenvalue weighted by Gasteiger charge is 2.14. The zero-order valence-electron chi connectivity index (χ0n) is 11.1. The molecule has 0 bridgehead atoms. The maximum absolute atomic E-state index is 11.5. The first-order chi connectivity index (χ1) is 8.90. The van der Waals surface area contributed by atoms with E-state index in [4.69, 9.17) is 5.11 Å². The van der Waals surface area contributed by atoms with E-state index in [2.05, 4.69) is 4.98 Å². The van der Waals surface area contributed by atoms with Gasteiger partial charge in [0.15, 0.2) is 0 Å². The van der Waals surface area contributed by atoms with Crippen LogP contribution in [0.5, 0.6) is 0 Å². The molecule has 5 nitrogen and oxygen atoms in total. The SMILES string of the molecule is Cc1nc2ccc(C(=O)O)cc2n1CC(C)S(C)=O. The van der Waals surface area contributed by atoms with Gasteiger partial charge in [0.05, 0.1) is 16.6 Å². The Morgan fingerprint density at radius 3 is 2.79 bits per heavy atom. The first-order valence-corrected chi connectivity index (χ1v) is 7.54. The Morgan fingerprint density at radius 2 is 2.21 bits per heavy atom. The molecular formula is C13H16N2O3S. The molecule has 0 aliphatic rings. The summed E-state index contributed by atoms with van der Waals surface area (Å²) in [7, 11) is -0.925. The molecule has 0 amide bonds. The van der Waals surface area contributed by atoms with E-state index in [9.17, 15) is 9.00 Å². The van der Waals surface area contributed by atoms with Crippen LogP contribution in [0.3, 0.4) is 0 Å². The third-order valence-corrected chi connectivity index (χ3v) is 4.47. The zero-order valence-corrected chi connectivity index (χ0v) is 11.9. The monoisotopic (exact) mass is 280 g/mol. The summed E-state index contributed by atoms with van der Waals surface area (Å²) in [5.74, 6) is -0.158. The molecular weight excluding hydrogens is 264 g/mol. The van der Waals surface area contributed by atoms with Crippen molar-refractivity contribution in [1.29, 1.82) is 0 Å². The van der Waals surface area contributed by atoms with Gasteiger partial charge in [0, 0.05) is 28.9 Å². The topological polar surface area (TPSA) is 72.2 Å². The number of benzene rings is 1. The fourth-order valence-electron chi connectivity index (χ4n) is 1.97. The fraction of sp³-hybridized carbons (Fsp3) is 0.385. The number of carboxylic acid groups (broad SMARTS) is 1. The highest BCUT2D eigenvalue weighted by molar-refractivity contribution is 7.84. The van der Waals surface area contributed by atoms with Crippen molar-refractivity contribution in [2.24, 2.45) is 0 Å². The smallest absolute Gasteiger partial charge is 0.335 e. The lowest BCUT2D eigenvalue weighted by Crippen LogP contribution is -2.18. The Labute approximate surface area is 113 Å². The van der Waals surface area contributed by atoms with Gasteiger partial charge in [0.1, 0.15) is 5.82 Å². The number of aryl methyl sites for hydroxylation is 1. The molecule has 0 saturated heterocycles. The van der Waals surface area contributed by atoms with Gasteiger partial charge in [-0.3, -0.25) is 4.21 Å². The number of hydrogen-bond donors (Lipinski definition) is 1. The second-order valence-corrected chi connectivity index (χ2v) is 6.39. The van der Waals surface area contributed by atoms with Crippen LogP contribution < -0.4 is 0 Å². The molecule has 0 aliphatic heterocycles. The van der Waals surface area contributed by atoms with Gasteiger partial charge in [-0.25, -0.2) is 9.78 Å². The Morgan fingerprint density at radius 1 is 1.53 bits per heavy atom. The van der Waals surface area contributed by atoms with E-state index in [-0.39, 0.29) is 10.8 Å². The Hall–Kier alpha value is -1.69. The summed E-state index contributed by atoms with van der Waals surface area (Å²) in [5.41, 5.74) is 1.77. The van der Waals surface area contributed by atoms with Gasteiger partial charge in [-0.05, 0) is 32.0 Å². The molecule has 1 aromatic carbocycles. The van der Waals surface area contributed by atoms with Crippen LogP contribution >= 0.6 is 0 Å². The molecule has 0 fully saturated rings. The molecule has 0 spiro atoms. The number of aromatic carboxylic acids is 1. The van der Waals surface area contributed by atoms with Crippen molar-refractivity contribution in [2.45, 2.75) is 25.6 Å². The summed E-state index contributed by atoms with van der Waals surface area (Å²) in [4.78, 5) is 15.4. The van der Waals surface area contributed by atoms with Crippen molar-refractivity contribution in [3.8, 4) is 0 Å². The van der Waals surface area contributed by atoms with Crippen LogP contribution in [0, 0.1) is 6.92 Å². The summed E-state index contributed by atoms with van der Waals surface area (Å²) in [6.45, 7) is 4.34. The summed E-state index contributed by atoms with van der Waals surface area (Å²) in [6.07, 6.45) is 1.67. The van der Waals surface area contributed by atoms with E-state index in [0.29, 0.717) is 6.54 Å². The molecule has 2 atom stereocenters. The van der Waals surface area contributed by atoms with Gasteiger partial charge in [0.2, 0.25) is 0 Å². The molecule has 1 heterocycles. The van der Waals surface area contributed by atoms with Crippen LogP contribution in [0.15, 0.2) is 18.2 Å². The van der Waals surface area contributed by atoms with E-state index in [1.807, 2.05) is 18.4 Å². The number of rotatable bonds is 4. The van der Waals surface area contributed by atoms with E-state index in [0.717, 1.165) is 16.9 Å². The number of nitrogens with zero attached hydrogens (tertiary/aromatic N) is 2. The molecule has 6 heteroatoms. The quantitative estimate of drug-likeness (QED) is 0.927. The number of carbonyl (C=O) groups is 1. The zero-order chi connectivity index (χ0) is 14.2. The normalized spacial score (nSPS) is 14.5. The molecule has 19 heavy (non-hydrogen) atoms. The summed E-state index contributed by atoms with van der Waals surface area (Å²) in [5, 5.41) is 9.02. The molecule has 0 saturated carbocycles. The fourth-order valence-corrected chi connectivity index (χ4v) is 2.33. The molecule has 2 rings (SSSR count). The minimum atomic E-state index is -0.959. The van der Waals surface area contributed by atoms with Crippen LogP contribution in [0.1, 0.15) is 23.1 Å². The maximum Gasteiger partial charge on any atom is 0.335 e. The van der Waals surface area contributed by atoms with E-state index < -0.39 is 16.8 Å². The largest absolute Gasteiger partial charge is 0.478 e.